The molecule has 1 fully saturated rings. The van der Waals surface area contributed by atoms with Gasteiger partial charge in [0.15, 0.2) is 5.79 Å². The molecule has 2 aromatic carbocycles. The van der Waals surface area contributed by atoms with Crippen molar-refractivity contribution >= 4 is 28.0 Å². The van der Waals surface area contributed by atoms with Gasteiger partial charge in [-0.05, 0) is 91.6 Å². The number of halogens is 3. The molecule has 0 saturated carbocycles. The second kappa shape index (κ2) is 9.24. The first-order valence-corrected chi connectivity index (χ1v) is 13.2. The largest absolute Gasteiger partial charge is 0.416 e. The maximum absolute atomic E-state index is 13.4. The minimum Gasteiger partial charge on any atom is -0.399 e. The number of nitrogens with two attached hydrogens (primary N) is 1. The van der Waals surface area contributed by atoms with E-state index in [-0.39, 0.29) is 5.69 Å². The minimum absolute atomic E-state index is 0.0736. The number of rotatable bonds is 4. The fraction of sp³-hybridized carbons (Fsp3) is 0.448. The Morgan fingerprint density at radius 2 is 1.79 bits per heavy atom. The summed E-state index contributed by atoms with van der Waals surface area (Å²) in [6.07, 6.45) is 3.17. The lowest BCUT2D eigenvalue weighted by Crippen LogP contribution is -2.31. The molecule has 0 bridgehead atoms. The fourth-order valence-corrected chi connectivity index (χ4v) is 6.07. The van der Waals surface area contributed by atoms with Crippen LogP contribution in [0.25, 0.3) is 16.5 Å². The molecule has 1 aromatic heterocycles. The highest BCUT2D eigenvalue weighted by Crippen LogP contribution is 2.43. The second-order valence-corrected chi connectivity index (χ2v) is 10.5. The molecule has 6 nitrogen and oxygen atoms in total. The first kappa shape index (κ1) is 25.1. The highest BCUT2D eigenvalue weighted by molar-refractivity contribution is 5.96. The van der Waals surface area contributed by atoms with Crippen molar-refractivity contribution in [2.45, 2.75) is 70.4 Å². The summed E-state index contributed by atoms with van der Waals surface area (Å²) in [5.41, 5.74) is 11.6. The number of nitrogen functional groups attached to an aromatic ring is 1. The van der Waals surface area contributed by atoms with Gasteiger partial charge in [0.25, 0.3) is 0 Å². The maximum atomic E-state index is 13.4. The average Bonchev–Trinajstić information content (AvgIpc) is 3.54. The van der Waals surface area contributed by atoms with Gasteiger partial charge in [0.1, 0.15) is 11.6 Å². The number of hydrogen-bond acceptors (Lipinski definition) is 6. The quantitative estimate of drug-likeness (QED) is 0.379. The lowest BCUT2D eigenvalue weighted by molar-refractivity contribution is -0.159. The summed E-state index contributed by atoms with van der Waals surface area (Å²) < 4.78 is 52.1. The number of anilines is 2. The zero-order valence-corrected chi connectivity index (χ0v) is 21.5. The van der Waals surface area contributed by atoms with Gasteiger partial charge in [0, 0.05) is 23.9 Å². The summed E-state index contributed by atoms with van der Waals surface area (Å²) >= 11 is 0. The van der Waals surface area contributed by atoms with E-state index >= 15 is 0 Å². The Bertz CT molecular complexity index is 1440. The number of aromatic nitrogens is 2. The van der Waals surface area contributed by atoms with Crippen molar-refractivity contribution in [2.24, 2.45) is 0 Å². The van der Waals surface area contributed by atoms with E-state index in [1.165, 1.54) is 22.3 Å². The lowest BCUT2D eigenvalue weighted by Gasteiger charge is -2.31. The lowest BCUT2D eigenvalue weighted by atomic mass is 9.86. The van der Waals surface area contributed by atoms with Crippen molar-refractivity contribution in [3.63, 3.8) is 0 Å². The van der Waals surface area contributed by atoms with Crippen molar-refractivity contribution in [1.82, 2.24) is 9.97 Å². The van der Waals surface area contributed by atoms with Gasteiger partial charge >= 0.3 is 6.18 Å². The molecule has 1 aliphatic heterocycles. The van der Waals surface area contributed by atoms with Gasteiger partial charge in [-0.2, -0.15) is 13.2 Å². The van der Waals surface area contributed by atoms with Crippen molar-refractivity contribution in [1.29, 1.82) is 0 Å². The predicted molar refractivity (Wildman–Crippen MR) is 141 cm³/mol. The number of fused-ring (bicyclic) bond motifs is 3. The Morgan fingerprint density at radius 1 is 1.03 bits per heavy atom. The van der Waals surface area contributed by atoms with Crippen molar-refractivity contribution in [3.05, 3.63) is 64.0 Å². The van der Waals surface area contributed by atoms with Crippen LogP contribution in [-0.4, -0.2) is 29.0 Å². The van der Waals surface area contributed by atoms with Gasteiger partial charge in [-0.3, -0.25) is 0 Å². The molecule has 3 N–H and O–H groups in total. The molecule has 2 heterocycles. The normalized spacial score (nSPS) is 19.6. The SMILES string of the molecule is Cc1nc(NC(C)c2cc(N)cc(C(F)(F)F)c2)c2cc(C3=CCC4(CC3)OCCO4)c3c(c2n1)CCC3. The Kier molecular flexibility index (Phi) is 6.11. The monoisotopic (exact) mass is 524 g/mol. The van der Waals surface area contributed by atoms with Crippen LogP contribution in [0.2, 0.25) is 0 Å². The van der Waals surface area contributed by atoms with Crippen LogP contribution < -0.4 is 11.1 Å². The first-order valence-electron chi connectivity index (χ1n) is 13.2. The Hall–Kier alpha value is -3.17. The molecule has 1 saturated heterocycles. The van der Waals surface area contributed by atoms with E-state index in [1.807, 2.05) is 13.8 Å². The summed E-state index contributed by atoms with van der Waals surface area (Å²) in [6.45, 7) is 4.93. The van der Waals surface area contributed by atoms with Crippen LogP contribution in [0.4, 0.5) is 24.7 Å². The van der Waals surface area contributed by atoms with E-state index < -0.39 is 23.6 Å². The Labute approximate surface area is 219 Å². The van der Waals surface area contributed by atoms with E-state index in [9.17, 15) is 13.2 Å². The number of alkyl halides is 3. The molecular formula is C29H31F3N4O2. The summed E-state index contributed by atoms with van der Waals surface area (Å²) in [6, 6.07) is 5.37. The number of allylic oxidation sites excluding steroid dienone is 1. The number of ether oxygens (including phenoxy) is 2. The van der Waals surface area contributed by atoms with Crippen LogP contribution in [0.1, 0.15) is 72.3 Å². The minimum atomic E-state index is -4.47. The number of nitrogens with zero attached hydrogens (tertiary/aromatic N) is 2. The molecule has 1 atom stereocenters. The number of aryl methyl sites for hydroxylation is 2. The van der Waals surface area contributed by atoms with Crippen LogP contribution in [0.3, 0.4) is 0 Å². The van der Waals surface area contributed by atoms with Crippen molar-refractivity contribution in [2.75, 3.05) is 24.3 Å². The summed E-state index contributed by atoms with van der Waals surface area (Å²) in [5, 5.41) is 4.26. The smallest absolute Gasteiger partial charge is 0.399 e. The predicted octanol–water partition coefficient (Wildman–Crippen LogP) is 6.51. The number of benzene rings is 2. The van der Waals surface area contributed by atoms with E-state index in [4.69, 9.17) is 25.2 Å². The van der Waals surface area contributed by atoms with Crippen LogP contribution in [0, 0.1) is 6.92 Å². The Balaban J connectivity index is 1.41. The van der Waals surface area contributed by atoms with Crippen LogP contribution in [-0.2, 0) is 28.5 Å². The fourth-order valence-electron chi connectivity index (χ4n) is 6.07. The van der Waals surface area contributed by atoms with Crippen LogP contribution >= 0.6 is 0 Å². The van der Waals surface area contributed by atoms with Gasteiger partial charge in [-0.25, -0.2) is 9.97 Å². The average molecular weight is 525 g/mol. The molecule has 3 aromatic rings. The Morgan fingerprint density at radius 3 is 2.50 bits per heavy atom. The third-order valence-corrected chi connectivity index (χ3v) is 7.93. The van der Waals surface area contributed by atoms with Gasteiger partial charge < -0.3 is 20.5 Å². The van der Waals surface area contributed by atoms with Crippen LogP contribution in [0.5, 0.6) is 0 Å². The standard InChI is InChI=1S/C29H31F3N4O2/c1-16(19-12-20(29(30,31)32)14-21(33)13-19)34-27-25-15-24(18-6-8-28(9-7-18)37-10-11-38-28)22-4-3-5-23(22)26(25)35-17(2)36-27/h6,12-16H,3-5,7-11,33H2,1-2H3,(H,34,35,36). The van der Waals surface area contributed by atoms with Gasteiger partial charge in [-0.15, -0.1) is 0 Å². The van der Waals surface area contributed by atoms with E-state index in [0.717, 1.165) is 61.6 Å². The molecule has 6 rings (SSSR count). The molecule has 9 heteroatoms. The van der Waals surface area contributed by atoms with Crippen LogP contribution in [0.15, 0.2) is 30.3 Å². The maximum Gasteiger partial charge on any atom is 0.416 e. The number of nitrogens with one attached hydrogen (secondary N) is 1. The number of hydrogen-bond donors (Lipinski definition) is 2. The molecule has 2 aliphatic carbocycles. The van der Waals surface area contributed by atoms with Crippen molar-refractivity contribution in [3.8, 4) is 0 Å². The molecule has 0 amide bonds. The van der Waals surface area contributed by atoms with Gasteiger partial charge in [0.2, 0.25) is 0 Å². The molecular weight excluding hydrogens is 493 g/mol. The zero-order chi connectivity index (χ0) is 26.7. The molecule has 1 unspecified atom stereocenters. The topological polar surface area (TPSA) is 82.3 Å². The van der Waals surface area contributed by atoms with E-state index in [2.05, 4.69) is 17.5 Å². The highest BCUT2D eigenvalue weighted by Gasteiger charge is 2.38. The van der Waals surface area contributed by atoms with Gasteiger partial charge in [0.05, 0.1) is 30.3 Å². The summed E-state index contributed by atoms with van der Waals surface area (Å²) in [7, 11) is 0. The second-order valence-electron chi connectivity index (χ2n) is 10.5. The van der Waals surface area contributed by atoms with E-state index in [0.29, 0.717) is 30.4 Å². The van der Waals surface area contributed by atoms with Gasteiger partial charge in [-0.1, -0.05) is 6.08 Å². The third-order valence-electron chi connectivity index (χ3n) is 7.93. The molecule has 3 aliphatic rings. The summed E-state index contributed by atoms with van der Waals surface area (Å²) in [4.78, 5) is 9.51. The molecule has 200 valence electrons. The molecule has 38 heavy (non-hydrogen) atoms. The molecule has 1 spiro atoms. The zero-order valence-electron chi connectivity index (χ0n) is 21.5. The molecule has 0 radical (unpaired) electrons. The van der Waals surface area contributed by atoms with Crippen molar-refractivity contribution < 1.29 is 22.6 Å². The summed E-state index contributed by atoms with van der Waals surface area (Å²) in [5.74, 6) is 0.743. The van der Waals surface area contributed by atoms with E-state index in [1.54, 1.807) is 6.07 Å². The first-order chi connectivity index (χ1) is 18.1. The third kappa shape index (κ3) is 4.52. The highest BCUT2D eigenvalue weighted by atomic mass is 19.4.